The number of hydrogen-bond donors (Lipinski definition) is 2. The van der Waals surface area contributed by atoms with E-state index in [0.717, 1.165) is 38.8 Å². The number of amides is 1. The van der Waals surface area contributed by atoms with Gasteiger partial charge >= 0.3 is 5.97 Å². The Bertz CT molecular complexity index is 341. The lowest BCUT2D eigenvalue weighted by molar-refractivity contribution is -0.143. The summed E-state index contributed by atoms with van der Waals surface area (Å²) in [5.41, 5.74) is 0. The lowest BCUT2D eigenvalue weighted by atomic mass is 10.2. The summed E-state index contributed by atoms with van der Waals surface area (Å²) < 4.78 is 0. The van der Waals surface area contributed by atoms with Gasteiger partial charge in [0.05, 0.1) is 12.6 Å². The average molecular weight is 300 g/mol. The molecule has 1 amide bonds. The number of β-amino-alcohol motifs (C(OH)–C–C–N with tert-alkyl or cyclic N) is 1. The molecule has 2 unspecified atom stereocenters. The Labute approximate surface area is 126 Å². The fraction of sp³-hybridized carbons (Fsp3) is 0.867. The second-order valence-electron chi connectivity index (χ2n) is 5.76. The minimum Gasteiger partial charge on any atom is -0.480 e. The van der Waals surface area contributed by atoms with E-state index in [1.807, 2.05) is 4.90 Å². The van der Waals surface area contributed by atoms with Gasteiger partial charge in [0.2, 0.25) is 5.91 Å². The average Bonchev–Trinajstić information content (AvgIpc) is 2.79. The smallest absolute Gasteiger partial charge is 0.321 e. The Balaban J connectivity index is 2.59. The van der Waals surface area contributed by atoms with Crippen LogP contribution in [-0.4, -0.2) is 70.2 Å². The van der Waals surface area contributed by atoms with Gasteiger partial charge in [-0.25, -0.2) is 0 Å². The van der Waals surface area contributed by atoms with Crippen LogP contribution in [0, 0.1) is 0 Å². The molecule has 122 valence electrons. The zero-order chi connectivity index (χ0) is 15.8. The molecular formula is C15H28N2O4. The summed E-state index contributed by atoms with van der Waals surface area (Å²) in [6.45, 7) is 5.96. The summed E-state index contributed by atoms with van der Waals surface area (Å²) in [5.74, 6) is -0.995. The number of aliphatic hydroxyl groups is 1. The van der Waals surface area contributed by atoms with Crippen LogP contribution in [0.15, 0.2) is 0 Å². The zero-order valence-corrected chi connectivity index (χ0v) is 13.1. The number of hydrogen-bond acceptors (Lipinski definition) is 4. The Morgan fingerprint density at radius 2 is 1.76 bits per heavy atom. The molecule has 21 heavy (non-hydrogen) atoms. The van der Waals surface area contributed by atoms with Gasteiger partial charge in [-0.1, -0.05) is 26.7 Å². The van der Waals surface area contributed by atoms with E-state index in [0.29, 0.717) is 0 Å². The number of carboxylic acid groups (broad SMARTS) is 1. The molecule has 0 aliphatic carbocycles. The van der Waals surface area contributed by atoms with Crippen molar-refractivity contribution in [2.45, 2.75) is 58.1 Å². The fourth-order valence-corrected chi connectivity index (χ4v) is 2.64. The number of likely N-dealkylation sites (tertiary alicyclic amines) is 1. The molecule has 0 saturated carbocycles. The van der Waals surface area contributed by atoms with Gasteiger partial charge in [-0.3, -0.25) is 14.5 Å². The summed E-state index contributed by atoms with van der Waals surface area (Å²) in [7, 11) is 0. The summed E-state index contributed by atoms with van der Waals surface area (Å²) in [4.78, 5) is 27.0. The Hall–Kier alpha value is -1.14. The standard InChI is InChI=1S/C15H28N2O4/c1-3-5-7-16(8-6-4-2)14(19)11-17-10-12(18)9-13(17)15(20)21/h12-13,18H,3-11H2,1-2H3,(H,20,21). The van der Waals surface area contributed by atoms with Gasteiger partial charge in [-0.05, 0) is 12.8 Å². The number of carbonyl (C=O) groups excluding carboxylic acids is 1. The monoisotopic (exact) mass is 300 g/mol. The van der Waals surface area contributed by atoms with E-state index in [1.54, 1.807) is 4.90 Å². The third kappa shape index (κ3) is 5.63. The first-order chi connectivity index (χ1) is 9.99. The first-order valence-electron chi connectivity index (χ1n) is 7.92. The molecule has 1 saturated heterocycles. The maximum absolute atomic E-state index is 12.4. The number of aliphatic carboxylic acids is 1. The van der Waals surface area contributed by atoms with Crippen molar-refractivity contribution in [2.75, 3.05) is 26.2 Å². The predicted octanol–water partition coefficient (Wildman–Crippen LogP) is 0.935. The third-order valence-corrected chi connectivity index (χ3v) is 3.92. The van der Waals surface area contributed by atoms with E-state index in [2.05, 4.69) is 13.8 Å². The van der Waals surface area contributed by atoms with Crippen LogP contribution in [0.25, 0.3) is 0 Å². The second kappa shape index (κ2) is 9.00. The van der Waals surface area contributed by atoms with Gasteiger partial charge in [-0.15, -0.1) is 0 Å². The molecule has 1 heterocycles. The van der Waals surface area contributed by atoms with Crippen LogP contribution >= 0.6 is 0 Å². The maximum Gasteiger partial charge on any atom is 0.321 e. The van der Waals surface area contributed by atoms with Crippen LogP contribution in [-0.2, 0) is 9.59 Å². The highest BCUT2D eigenvalue weighted by Crippen LogP contribution is 2.18. The Kier molecular flexibility index (Phi) is 7.67. The molecule has 2 N–H and O–H groups in total. The molecule has 6 nitrogen and oxygen atoms in total. The molecule has 0 aromatic heterocycles. The van der Waals surface area contributed by atoms with Crippen LogP contribution in [0.4, 0.5) is 0 Å². The largest absolute Gasteiger partial charge is 0.480 e. The van der Waals surface area contributed by atoms with Crippen molar-refractivity contribution in [3.63, 3.8) is 0 Å². The van der Waals surface area contributed by atoms with Crippen LogP contribution in [0.2, 0.25) is 0 Å². The lowest BCUT2D eigenvalue weighted by Gasteiger charge is -2.27. The molecule has 1 aliphatic heterocycles. The van der Waals surface area contributed by atoms with Crippen molar-refractivity contribution in [2.24, 2.45) is 0 Å². The van der Waals surface area contributed by atoms with E-state index < -0.39 is 18.1 Å². The van der Waals surface area contributed by atoms with Crippen LogP contribution in [0.1, 0.15) is 46.0 Å². The minimum absolute atomic E-state index is 0.0303. The number of carboxylic acids is 1. The number of nitrogens with zero attached hydrogens (tertiary/aromatic N) is 2. The SMILES string of the molecule is CCCCN(CCCC)C(=O)CN1CC(O)CC1C(=O)O. The quantitative estimate of drug-likeness (QED) is 0.662. The number of unbranched alkanes of at least 4 members (excludes halogenated alkanes) is 2. The van der Waals surface area contributed by atoms with Crippen molar-refractivity contribution in [3.8, 4) is 0 Å². The molecule has 0 spiro atoms. The molecular weight excluding hydrogens is 272 g/mol. The zero-order valence-electron chi connectivity index (χ0n) is 13.1. The van der Waals surface area contributed by atoms with Gasteiger partial charge < -0.3 is 15.1 Å². The van der Waals surface area contributed by atoms with Gasteiger partial charge in [0.15, 0.2) is 0 Å². The molecule has 6 heteroatoms. The Morgan fingerprint density at radius 3 is 2.24 bits per heavy atom. The molecule has 0 aromatic carbocycles. The summed E-state index contributed by atoms with van der Waals surface area (Å²) in [5, 5.41) is 18.8. The van der Waals surface area contributed by atoms with Gasteiger partial charge in [0, 0.05) is 26.1 Å². The first-order valence-corrected chi connectivity index (χ1v) is 7.92. The van der Waals surface area contributed by atoms with Crippen LogP contribution in [0.5, 0.6) is 0 Å². The molecule has 1 fully saturated rings. The molecule has 0 radical (unpaired) electrons. The normalized spacial score (nSPS) is 22.4. The van der Waals surface area contributed by atoms with Crippen molar-refractivity contribution < 1.29 is 19.8 Å². The van der Waals surface area contributed by atoms with Gasteiger partial charge in [-0.2, -0.15) is 0 Å². The predicted molar refractivity (Wildman–Crippen MR) is 80.0 cm³/mol. The van der Waals surface area contributed by atoms with Crippen LogP contribution < -0.4 is 0 Å². The summed E-state index contributed by atoms with van der Waals surface area (Å²) in [6, 6.07) is -0.747. The van der Waals surface area contributed by atoms with Gasteiger partial charge in [0.1, 0.15) is 6.04 Å². The first kappa shape index (κ1) is 17.9. The van der Waals surface area contributed by atoms with Crippen molar-refractivity contribution in [1.82, 2.24) is 9.80 Å². The third-order valence-electron chi connectivity index (χ3n) is 3.92. The molecule has 2 atom stereocenters. The van der Waals surface area contributed by atoms with Crippen molar-refractivity contribution in [3.05, 3.63) is 0 Å². The maximum atomic E-state index is 12.4. The highest BCUT2D eigenvalue weighted by atomic mass is 16.4. The van der Waals surface area contributed by atoms with Crippen LogP contribution in [0.3, 0.4) is 0 Å². The topological polar surface area (TPSA) is 81.1 Å². The number of rotatable bonds is 9. The van der Waals surface area contributed by atoms with E-state index in [-0.39, 0.29) is 25.4 Å². The van der Waals surface area contributed by atoms with E-state index in [4.69, 9.17) is 5.11 Å². The van der Waals surface area contributed by atoms with Crippen molar-refractivity contribution in [1.29, 1.82) is 0 Å². The molecule has 1 aliphatic rings. The highest BCUT2D eigenvalue weighted by molar-refractivity contribution is 5.80. The van der Waals surface area contributed by atoms with Crippen molar-refractivity contribution >= 4 is 11.9 Å². The number of aliphatic hydroxyl groups excluding tert-OH is 1. The molecule has 0 aromatic rings. The Morgan fingerprint density at radius 1 is 1.19 bits per heavy atom. The van der Waals surface area contributed by atoms with Gasteiger partial charge in [0.25, 0.3) is 0 Å². The van der Waals surface area contributed by atoms with E-state index in [1.165, 1.54) is 0 Å². The molecule has 0 bridgehead atoms. The minimum atomic E-state index is -0.965. The van der Waals surface area contributed by atoms with E-state index in [9.17, 15) is 14.7 Å². The number of carbonyl (C=O) groups is 2. The lowest BCUT2D eigenvalue weighted by Crippen LogP contribution is -2.45. The van der Waals surface area contributed by atoms with E-state index >= 15 is 0 Å². The highest BCUT2D eigenvalue weighted by Gasteiger charge is 2.37. The fourth-order valence-electron chi connectivity index (χ4n) is 2.64. The molecule has 1 rings (SSSR count). The second-order valence-corrected chi connectivity index (χ2v) is 5.76. The summed E-state index contributed by atoms with van der Waals surface area (Å²) >= 11 is 0. The summed E-state index contributed by atoms with van der Waals surface area (Å²) in [6.07, 6.45) is 3.51.